The van der Waals surface area contributed by atoms with Crippen LogP contribution in [0.25, 0.3) is 0 Å². The van der Waals surface area contributed by atoms with Gasteiger partial charge in [-0.1, -0.05) is 30.3 Å². The second-order valence-corrected chi connectivity index (χ2v) is 4.83. The SMILES string of the molecule is O=P(O)(O)CCNCc1ccccc1. The summed E-state index contributed by atoms with van der Waals surface area (Å²) in [7, 11) is -3.85. The topological polar surface area (TPSA) is 69.6 Å². The van der Waals surface area contributed by atoms with Crippen LogP contribution in [0.2, 0.25) is 0 Å². The summed E-state index contributed by atoms with van der Waals surface area (Å²) in [5, 5.41) is 2.97. The van der Waals surface area contributed by atoms with E-state index in [1.54, 1.807) is 0 Å². The van der Waals surface area contributed by atoms with E-state index < -0.39 is 7.60 Å². The van der Waals surface area contributed by atoms with Gasteiger partial charge in [-0.25, -0.2) is 0 Å². The summed E-state index contributed by atoms with van der Waals surface area (Å²) in [4.78, 5) is 17.2. The lowest BCUT2D eigenvalue weighted by atomic mass is 10.2. The molecule has 0 aliphatic carbocycles. The van der Waals surface area contributed by atoms with Crippen molar-refractivity contribution in [2.45, 2.75) is 6.54 Å². The third-order valence-corrected chi connectivity index (χ3v) is 2.56. The maximum absolute atomic E-state index is 10.5. The third-order valence-electron chi connectivity index (χ3n) is 1.75. The minimum atomic E-state index is -3.85. The van der Waals surface area contributed by atoms with Crippen molar-refractivity contribution < 1.29 is 14.4 Å². The summed E-state index contributed by atoms with van der Waals surface area (Å²) < 4.78 is 10.5. The fourth-order valence-electron chi connectivity index (χ4n) is 1.05. The van der Waals surface area contributed by atoms with E-state index in [9.17, 15) is 4.57 Å². The highest BCUT2D eigenvalue weighted by Crippen LogP contribution is 2.32. The summed E-state index contributed by atoms with van der Waals surface area (Å²) in [6.45, 7) is 0.972. The van der Waals surface area contributed by atoms with Crippen molar-refractivity contribution in [3.05, 3.63) is 35.9 Å². The van der Waals surface area contributed by atoms with E-state index in [1.165, 1.54) is 0 Å². The van der Waals surface area contributed by atoms with Crippen LogP contribution in [0.1, 0.15) is 5.56 Å². The average Bonchev–Trinajstić information content (AvgIpc) is 2.13. The molecule has 4 nitrogen and oxygen atoms in total. The smallest absolute Gasteiger partial charge is 0.324 e. The Labute approximate surface area is 83.1 Å². The number of benzene rings is 1. The molecule has 0 atom stereocenters. The maximum Gasteiger partial charge on any atom is 0.326 e. The second kappa shape index (κ2) is 5.27. The van der Waals surface area contributed by atoms with Gasteiger partial charge >= 0.3 is 7.60 Å². The summed E-state index contributed by atoms with van der Waals surface area (Å²) in [5.74, 6) is 0. The molecule has 78 valence electrons. The lowest BCUT2D eigenvalue weighted by Gasteiger charge is -2.05. The first-order chi connectivity index (χ1) is 6.58. The van der Waals surface area contributed by atoms with Gasteiger partial charge in [-0.2, -0.15) is 0 Å². The molecule has 0 spiro atoms. The van der Waals surface area contributed by atoms with Crippen molar-refractivity contribution in [2.75, 3.05) is 12.7 Å². The van der Waals surface area contributed by atoms with Gasteiger partial charge in [0.2, 0.25) is 0 Å². The lowest BCUT2D eigenvalue weighted by Crippen LogP contribution is -2.17. The van der Waals surface area contributed by atoms with Crippen LogP contribution in [0.15, 0.2) is 30.3 Å². The van der Waals surface area contributed by atoms with Crippen LogP contribution < -0.4 is 5.32 Å². The summed E-state index contributed by atoms with van der Waals surface area (Å²) in [5.41, 5.74) is 1.11. The molecule has 5 heteroatoms. The molecule has 1 aromatic rings. The number of nitrogens with one attached hydrogen (secondary N) is 1. The van der Waals surface area contributed by atoms with Gasteiger partial charge in [0.1, 0.15) is 0 Å². The van der Waals surface area contributed by atoms with E-state index in [0.29, 0.717) is 13.1 Å². The zero-order valence-electron chi connectivity index (χ0n) is 7.76. The number of hydrogen-bond donors (Lipinski definition) is 3. The molecule has 3 N–H and O–H groups in total. The summed E-state index contributed by atoms with van der Waals surface area (Å²) in [6, 6.07) is 9.72. The number of rotatable bonds is 5. The van der Waals surface area contributed by atoms with Gasteiger partial charge in [0.05, 0.1) is 6.16 Å². The monoisotopic (exact) mass is 215 g/mol. The molecule has 0 amide bonds. The number of hydrogen-bond acceptors (Lipinski definition) is 2. The third kappa shape index (κ3) is 5.14. The van der Waals surface area contributed by atoms with Gasteiger partial charge in [0.25, 0.3) is 0 Å². The normalized spacial score (nSPS) is 11.6. The Morgan fingerprint density at radius 3 is 2.43 bits per heavy atom. The Bertz CT molecular complexity index is 309. The van der Waals surface area contributed by atoms with Crippen molar-refractivity contribution in [1.29, 1.82) is 0 Å². The van der Waals surface area contributed by atoms with Crippen molar-refractivity contribution in [3.63, 3.8) is 0 Å². The largest absolute Gasteiger partial charge is 0.326 e. The van der Waals surface area contributed by atoms with E-state index in [-0.39, 0.29) is 6.16 Å². The van der Waals surface area contributed by atoms with Crippen LogP contribution in [0.4, 0.5) is 0 Å². The Morgan fingerprint density at radius 1 is 1.21 bits per heavy atom. The fourth-order valence-corrected chi connectivity index (χ4v) is 1.50. The molecule has 1 rings (SSSR count). The molecule has 0 unspecified atom stereocenters. The Morgan fingerprint density at radius 2 is 1.86 bits per heavy atom. The Hall–Kier alpha value is -0.670. The molecule has 0 heterocycles. The van der Waals surface area contributed by atoms with E-state index in [4.69, 9.17) is 9.79 Å². The molecule has 0 saturated heterocycles. The highest BCUT2D eigenvalue weighted by Gasteiger charge is 2.10. The molecule has 0 radical (unpaired) electrons. The van der Waals surface area contributed by atoms with Gasteiger partial charge in [-0.15, -0.1) is 0 Å². The first kappa shape index (κ1) is 11.4. The zero-order valence-corrected chi connectivity index (χ0v) is 8.65. The molecule has 0 aromatic heterocycles. The molecule has 0 saturated carbocycles. The Balaban J connectivity index is 2.20. The summed E-state index contributed by atoms with van der Waals surface area (Å²) in [6.07, 6.45) is -0.111. The molecular weight excluding hydrogens is 201 g/mol. The van der Waals surface area contributed by atoms with Crippen LogP contribution in [0.5, 0.6) is 0 Å². The molecule has 0 bridgehead atoms. The van der Waals surface area contributed by atoms with E-state index in [2.05, 4.69) is 5.32 Å². The minimum absolute atomic E-state index is 0.111. The Kier molecular flexibility index (Phi) is 4.29. The zero-order chi connectivity index (χ0) is 10.4. The predicted molar refractivity (Wildman–Crippen MR) is 55.1 cm³/mol. The van der Waals surface area contributed by atoms with Crippen LogP contribution in [-0.2, 0) is 11.1 Å². The second-order valence-electron chi connectivity index (χ2n) is 3.05. The minimum Gasteiger partial charge on any atom is -0.324 e. The quantitative estimate of drug-likeness (QED) is 0.505. The van der Waals surface area contributed by atoms with Crippen LogP contribution >= 0.6 is 7.60 Å². The standard InChI is InChI=1S/C9H14NO3P/c11-14(12,13)7-6-10-8-9-4-2-1-3-5-9/h1-5,10H,6-8H2,(H2,11,12,13). The van der Waals surface area contributed by atoms with E-state index >= 15 is 0 Å². The van der Waals surface area contributed by atoms with E-state index in [1.807, 2.05) is 30.3 Å². The molecular formula is C9H14NO3P. The molecule has 0 aliphatic heterocycles. The van der Waals surface area contributed by atoms with Crippen LogP contribution in [0.3, 0.4) is 0 Å². The van der Waals surface area contributed by atoms with Crippen molar-refractivity contribution in [3.8, 4) is 0 Å². The first-order valence-corrected chi connectivity index (χ1v) is 6.17. The van der Waals surface area contributed by atoms with Crippen molar-refractivity contribution in [1.82, 2.24) is 5.32 Å². The molecule has 14 heavy (non-hydrogen) atoms. The highest BCUT2D eigenvalue weighted by atomic mass is 31.2. The van der Waals surface area contributed by atoms with Gasteiger partial charge in [-0.05, 0) is 5.56 Å². The highest BCUT2D eigenvalue weighted by molar-refractivity contribution is 7.51. The molecule has 1 aromatic carbocycles. The van der Waals surface area contributed by atoms with Crippen molar-refractivity contribution in [2.24, 2.45) is 0 Å². The van der Waals surface area contributed by atoms with Crippen LogP contribution in [-0.4, -0.2) is 22.5 Å². The molecule has 0 aliphatic rings. The fraction of sp³-hybridized carbons (Fsp3) is 0.333. The van der Waals surface area contributed by atoms with Crippen LogP contribution in [0, 0.1) is 0 Å². The first-order valence-electron chi connectivity index (χ1n) is 4.37. The van der Waals surface area contributed by atoms with Gasteiger partial charge in [0.15, 0.2) is 0 Å². The van der Waals surface area contributed by atoms with Crippen molar-refractivity contribution >= 4 is 7.60 Å². The van der Waals surface area contributed by atoms with E-state index in [0.717, 1.165) is 5.56 Å². The van der Waals surface area contributed by atoms with Gasteiger partial charge in [-0.3, -0.25) is 4.57 Å². The lowest BCUT2D eigenvalue weighted by molar-refractivity contribution is 0.372. The predicted octanol–water partition coefficient (Wildman–Crippen LogP) is 0.954. The average molecular weight is 215 g/mol. The van der Waals surface area contributed by atoms with Gasteiger partial charge in [0, 0.05) is 13.1 Å². The maximum atomic E-state index is 10.5. The van der Waals surface area contributed by atoms with Gasteiger partial charge < -0.3 is 15.1 Å². The molecule has 0 fully saturated rings. The summed E-state index contributed by atoms with van der Waals surface area (Å²) >= 11 is 0.